The molecular formula is C33H58N2O. The first-order valence-corrected chi connectivity index (χ1v) is 15.7. The first-order chi connectivity index (χ1) is 17.0. The molecule has 0 aromatic rings. The lowest BCUT2D eigenvalue weighted by Gasteiger charge is -2.58. The Hall–Kier alpha value is -0.830. The molecule has 36 heavy (non-hydrogen) atoms. The molecular weight excluding hydrogens is 440 g/mol. The highest BCUT2D eigenvalue weighted by Gasteiger charge is 2.59. The molecule has 0 bridgehead atoms. The number of carbonyl (C=O) groups is 1. The fourth-order valence-electron chi connectivity index (χ4n) is 9.79. The molecule has 3 saturated carbocycles. The molecule has 1 N–H and O–H groups in total. The molecule has 0 saturated heterocycles. The van der Waals surface area contributed by atoms with Gasteiger partial charge in [0, 0.05) is 5.92 Å². The number of allylic oxidation sites excluding steroid dienone is 2. The van der Waals surface area contributed by atoms with Crippen molar-refractivity contribution in [3.05, 3.63) is 11.6 Å². The molecule has 0 spiro atoms. The maximum Gasteiger partial charge on any atom is 0.224 e. The highest BCUT2D eigenvalue weighted by atomic mass is 16.2. The molecule has 0 aliphatic heterocycles. The van der Waals surface area contributed by atoms with E-state index in [1.165, 1.54) is 57.8 Å². The van der Waals surface area contributed by atoms with E-state index in [4.69, 9.17) is 0 Å². The summed E-state index contributed by atoms with van der Waals surface area (Å²) in [6.07, 6.45) is 18.3. The van der Waals surface area contributed by atoms with Gasteiger partial charge in [-0.15, -0.1) is 0 Å². The van der Waals surface area contributed by atoms with E-state index in [0.29, 0.717) is 10.8 Å². The van der Waals surface area contributed by atoms with Crippen LogP contribution in [-0.2, 0) is 4.79 Å². The molecule has 3 nitrogen and oxygen atoms in total. The third-order valence-electron chi connectivity index (χ3n) is 12.0. The van der Waals surface area contributed by atoms with Crippen LogP contribution in [0.2, 0.25) is 0 Å². The lowest BCUT2D eigenvalue weighted by atomic mass is 9.46. The molecule has 9 atom stereocenters. The van der Waals surface area contributed by atoms with Crippen molar-refractivity contribution in [2.45, 2.75) is 125 Å². The zero-order chi connectivity index (χ0) is 26.3. The maximum absolute atomic E-state index is 13.2. The normalized spacial score (nSPS) is 39.7. The smallest absolute Gasteiger partial charge is 0.224 e. The van der Waals surface area contributed by atoms with E-state index in [1.807, 2.05) is 0 Å². The number of hydrogen-bond acceptors (Lipinski definition) is 2. The van der Waals surface area contributed by atoms with Gasteiger partial charge in [0.15, 0.2) is 0 Å². The van der Waals surface area contributed by atoms with E-state index < -0.39 is 0 Å². The summed E-state index contributed by atoms with van der Waals surface area (Å²) < 4.78 is 0. The molecule has 4 rings (SSSR count). The van der Waals surface area contributed by atoms with Gasteiger partial charge in [0.1, 0.15) is 0 Å². The minimum Gasteiger partial charge on any atom is -0.340 e. The van der Waals surface area contributed by atoms with Crippen LogP contribution in [0.5, 0.6) is 0 Å². The number of rotatable bonds is 9. The Balaban J connectivity index is 1.43. The summed E-state index contributed by atoms with van der Waals surface area (Å²) >= 11 is 0. The summed E-state index contributed by atoms with van der Waals surface area (Å²) in [6.45, 7) is 14.8. The average Bonchev–Trinajstić information content (AvgIpc) is 3.18. The average molecular weight is 499 g/mol. The second kappa shape index (κ2) is 11.1. The Labute approximate surface area is 223 Å². The van der Waals surface area contributed by atoms with E-state index in [2.05, 4.69) is 71.9 Å². The van der Waals surface area contributed by atoms with Crippen molar-refractivity contribution in [2.24, 2.45) is 52.3 Å². The predicted octanol–water partition coefficient (Wildman–Crippen LogP) is 8.06. The van der Waals surface area contributed by atoms with Crippen molar-refractivity contribution in [3.8, 4) is 0 Å². The van der Waals surface area contributed by atoms with Crippen LogP contribution < -0.4 is 5.32 Å². The van der Waals surface area contributed by atoms with Crippen LogP contribution >= 0.6 is 0 Å². The summed E-state index contributed by atoms with van der Waals surface area (Å²) in [5.41, 5.74) is 2.51. The van der Waals surface area contributed by atoms with Crippen molar-refractivity contribution in [1.29, 1.82) is 0 Å². The second-order valence-electron chi connectivity index (χ2n) is 14.6. The van der Waals surface area contributed by atoms with Gasteiger partial charge in [-0.25, -0.2) is 0 Å². The number of hydrogen-bond donors (Lipinski definition) is 1. The van der Waals surface area contributed by atoms with Crippen molar-refractivity contribution in [1.82, 2.24) is 10.2 Å². The molecule has 4 aliphatic rings. The maximum atomic E-state index is 13.2. The van der Waals surface area contributed by atoms with Gasteiger partial charge in [-0.1, -0.05) is 72.5 Å². The Bertz CT molecular complexity index is 802. The highest BCUT2D eigenvalue weighted by Crippen LogP contribution is 2.67. The van der Waals surface area contributed by atoms with Gasteiger partial charge in [-0.3, -0.25) is 9.69 Å². The van der Waals surface area contributed by atoms with Crippen molar-refractivity contribution in [2.75, 3.05) is 14.1 Å². The molecule has 3 heteroatoms. The number of fused-ring (bicyclic) bond motifs is 5. The molecule has 0 aromatic heterocycles. The van der Waals surface area contributed by atoms with Crippen LogP contribution in [0, 0.1) is 52.3 Å². The molecule has 3 fully saturated rings. The highest BCUT2D eigenvalue weighted by molar-refractivity contribution is 5.79. The minimum atomic E-state index is 0.148. The van der Waals surface area contributed by atoms with E-state index in [0.717, 1.165) is 54.8 Å². The third kappa shape index (κ3) is 5.21. The van der Waals surface area contributed by atoms with E-state index in [-0.39, 0.29) is 18.0 Å². The molecule has 0 aromatic carbocycles. The summed E-state index contributed by atoms with van der Waals surface area (Å²) in [4.78, 5) is 15.3. The topological polar surface area (TPSA) is 32.3 Å². The first-order valence-electron chi connectivity index (χ1n) is 15.7. The summed E-state index contributed by atoms with van der Waals surface area (Å²) in [6, 6.07) is 0. The van der Waals surface area contributed by atoms with Gasteiger partial charge < -0.3 is 5.32 Å². The largest absolute Gasteiger partial charge is 0.340 e. The molecule has 1 unspecified atom stereocenters. The zero-order valence-electron chi connectivity index (χ0n) is 25.0. The lowest BCUT2D eigenvalue weighted by molar-refractivity contribution is -0.128. The Morgan fingerprint density at radius 2 is 1.81 bits per heavy atom. The van der Waals surface area contributed by atoms with Gasteiger partial charge in [0.2, 0.25) is 5.91 Å². The Morgan fingerprint density at radius 1 is 1.06 bits per heavy atom. The van der Waals surface area contributed by atoms with Gasteiger partial charge in [-0.2, -0.15) is 0 Å². The van der Waals surface area contributed by atoms with Crippen LogP contribution in [-0.4, -0.2) is 31.1 Å². The quantitative estimate of drug-likeness (QED) is 0.257. The van der Waals surface area contributed by atoms with Gasteiger partial charge in [-0.05, 0) is 118 Å². The second-order valence-corrected chi connectivity index (χ2v) is 14.6. The van der Waals surface area contributed by atoms with E-state index in [1.54, 1.807) is 5.57 Å². The van der Waals surface area contributed by atoms with Crippen molar-refractivity contribution < 1.29 is 4.79 Å². The van der Waals surface area contributed by atoms with Crippen LogP contribution in [0.4, 0.5) is 0 Å². The summed E-state index contributed by atoms with van der Waals surface area (Å²) in [7, 11) is 4.13. The van der Waals surface area contributed by atoms with E-state index in [9.17, 15) is 4.79 Å². The molecule has 0 heterocycles. The number of amides is 1. The standard InChI is InChI=1S/C33H58N2O/c1-9-30(35(7)8)34-31(36)24-17-19-32(5)25(21-24)13-14-26-28-16-15-27(23(4)12-10-11-22(2)3)33(28,6)20-18-29(26)32/h13,22-24,26-30H,9-12,14-21H2,1-8H3,(H,34,36)/t23-,24+,26+,27-,28+,29+,30?,32+,33-/m1/s1. The van der Waals surface area contributed by atoms with Crippen molar-refractivity contribution >= 4 is 5.91 Å². The third-order valence-corrected chi connectivity index (χ3v) is 12.0. The molecule has 1 amide bonds. The SMILES string of the molecule is CCC(NC(=O)[C@H]1CC[C@@]2(C)C(=CC[C@H]3[C@@H]4CC[C@H]([C@H](C)CCCC(C)C)[C@@]4(C)CC[C@@H]32)C1)N(C)C. The summed E-state index contributed by atoms with van der Waals surface area (Å²) in [5, 5.41) is 3.33. The molecule has 0 radical (unpaired) electrons. The fraction of sp³-hybridized carbons (Fsp3) is 0.909. The Kier molecular flexibility index (Phi) is 8.70. The van der Waals surface area contributed by atoms with Crippen molar-refractivity contribution in [3.63, 3.8) is 0 Å². The monoisotopic (exact) mass is 498 g/mol. The molecule has 206 valence electrons. The van der Waals surface area contributed by atoms with Gasteiger partial charge in [0.25, 0.3) is 0 Å². The predicted molar refractivity (Wildman–Crippen MR) is 152 cm³/mol. The van der Waals surface area contributed by atoms with Crippen LogP contribution in [0.15, 0.2) is 11.6 Å². The number of nitrogens with one attached hydrogen (secondary N) is 1. The zero-order valence-corrected chi connectivity index (χ0v) is 25.0. The number of nitrogens with zero attached hydrogens (tertiary/aromatic N) is 1. The van der Waals surface area contributed by atoms with Crippen LogP contribution in [0.3, 0.4) is 0 Å². The summed E-state index contributed by atoms with van der Waals surface area (Å²) in [5.74, 6) is 5.70. The molecule has 4 aliphatic carbocycles. The van der Waals surface area contributed by atoms with Crippen LogP contribution in [0.1, 0.15) is 119 Å². The van der Waals surface area contributed by atoms with Crippen LogP contribution in [0.25, 0.3) is 0 Å². The lowest BCUT2D eigenvalue weighted by Crippen LogP contribution is -2.52. The van der Waals surface area contributed by atoms with Gasteiger partial charge >= 0.3 is 0 Å². The van der Waals surface area contributed by atoms with Gasteiger partial charge in [0.05, 0.1) is 6.17 Å². The Morgan fingerprint density at radius 3 is 2.47 bits per heavy atom. The van der Waals surface area contributed by atoms with E-state index >= 15 is 0 Å². The fourth-order valence-corrected chi connectivity index (χ4v) is 9.79. The minimum absolute atomic E-state index is 0.148. The first kappa shape index (κ1) is 28.2. The number of carbonyl (C=O) groups excluding carboxylic acids is 1.